The molecule has 0 fully saturated rings. The second kappa shape index (κ2) is 6.01. The van der Waals surface area contributed by atoms with Crippen molar-refractivity contribution in [3.63, 3.8) is 0 Å². The van der Waals surface area contributed by atoms with E-state index in [1.807, 2.05) is 30.3 Å². The van der Waals surface area contributed by atoms with Crippen LogP contribution in [0.1, 0.15) is 50.4 Å². The van der Waals surface area contributed by atoms with E-state index in [0.717, 1.165) is 27.8 Å². The molecule has 4 nitrogen and oxygen atoms in total. The summed E-state index contributed by atoms with van der Waals surface area (Å²) in [6, 6.07) is 17.7. The zero-order chi connectivity index (χ0) is 19.4. The van der Waals surface area contributed by atoms with Crippen LogP contribution < -0.4 is 0 Å². The molecule has 0 aromatic heterocycles. The van der Waals surface area contributed by atoms with Gasteiger partial charge in [0.2, 0.25) is 0 Å². The van der Waals surface area contributed by atoms with Crippen molar-refractivity contribution in [1.82, 2.24) is 0 Å². The van der Waals surface area contributed by atoms with Crippen LogP contribution in [0.25, 0.3) is 11.1 Å². The normalized spacial score (nSPS) is 18.3. The molecule has 3 aromatic carbocycles. The van der Waals surface area contributed by atoms with Gasteiger partial charge in [0.15, 0.2) is 0 Å². The maximum atomic E-state index is 13.5. The van der Waals surface area contributed by atoms with Crippen LogP contribution >= 0.6 is 0 Å². The number of rotatable bonds is 2. The fourth-order valence-electron chi connectivity index (χ4n) is 4.12. The van der Waals surface area contributed by atoms with E-state index >= 15 is 0 Å². The third-order valence-electron chi connectivity index (χ3n) is 5.41. The zero-order valence-electron chi connectivity index (χ0n) is 14.9. The van der Waals surface area contributed by atoms with Crippen molar-refractivity contribution < 1.29 is 18.7 Å². The van der Waals surface area contributed by atoms with Crippen molar-refractivity contribution in [2.45, 2.75) is 12.2 Å². The molecule has 0 radical (unpaired) electrons. The zero-order valence-corrected chi connectivity index (χ0v) is 14.9. The summed E-state index contributed by atoms with van der Waals surface area (Å²) in [7, 11) is 1.36. The highest BCUT2D eigenvalue weighted by atomic mass is 19.1. The van der Waals surface area contributed by atoms with Gasteiger partial charge in [-0.1, -0.05) is 24.3 Å². The summed E-state index contributed by atoms with van der Waals surface area (Å²) in [5, 5.41) is 9.35. The fraction of sp³-hybridized carbons (Fsp3) is 0.130. The Kier molecular flexibility index (Phi) is 3.58. The van der Waals surface area contributed by atoms with E-state index in [1.165, 1.54) is 19.2 Å². The summed E-state index contributed by atoms with van der Waals surface area (Å²) in [4.78, 5) is 11.9. The lowest BCUT2D eigenvalue weighted by molar-refractivity contribution is 0.0600. The molecule has 2 atom stereocenters. The molecule has 2 bridgehead atoms. The van der Waals surface area contributed by atoms with E-state index in [1.54, 1.807) is 12.1 Å². The van der Waals surface area contributed by atoms with Crippen molar-refractivity contribution in [1.29, 1.82) is 5.26 Å². The Morgan fingerprint density at radius 2 is 1.71 bits per heavy atom. The van der Waals surface area contributed by atoms with E-state index in [-0.39, 0.29) is 23.7 Å². The average molecular weight is 371 g/mol. The maximum Gasteiger partial charge on any atom is 0.337 e. The van der Waals surface area contributed by atoms with Crippen LogP contribution in [0.15, 0.2) is 54.6 Å². The molecule has 136 valence electrons. The van der Waals surface area contributed by atoms with Gasteiger partial charge in [-0.25, -0.2) is 9.18 Å². The summed E-state index contributed by atoms with van der Waals surface area (Å²) in [6.07, 6.45) is -0.440. The van der Waals surface area contributed by atoms with Crippen molar-refractivity contribution in [2.24, 2.45) is 0 Å². The van der Waals surface area contributed by atoms with Crippen LogP contribution in [0.3, 0.4) is 0 Å². The summed E-state index contributed by atoms with van der Waals surface area (Å²) < 4.78 is 24.5. The average Bonchev–Trinajstić information content (AvgIpc) is 3.29. The number of hydrogen-bond donors (Lipinski definition) is 0. The molecule has 5 rings (SSSR count). The smallest absolute Gasteiger partial charge is 0.337 e. The largest absolute Gasteiger partial charge is 0.465 e. The third-order valence-corrected chi connectivity index (χ3v) is 5.41. The summed E-state index contributed by atoms with van der Waals surface area (Å²) in [5.41, 5.74) is 6.38. The molecule has 28 heavy (non-hydrogen) atoms. The van der Waals surface area contributed by atoms with E-state index in [0.29, 0.717) is 11.1 Å². The molecule has 3 aromatic rings. The van der Waals surface area contributed by atoms with Crippen LogP contribution in [0.5, 0.6) is 0 Å². The monoisotopic (exact) mass is 371 g/mol. The summed E-state index contributed by atoms with van der Waals surface area (Å²) in [6.45, 7) is 0. The number of nitriles is 1. The predicted molar refractivity (Wildman–Crippen MR) is 99.1 cm³/mol. The highest BCUT2D eigenvalue weighted by molar-refractivity contribution is 5.90. The second-order valence-electron chi connectivity index (χ2n) is 6.88. The predicted octanol–water partition coefficient (Wildman–Crippen LogP) is 4.67. The van der Waals surface area contributed by atoms with Crippen molar-refractivity contribution in [3.8, 4) is 17.2 Å². The molecule has 5 heteroatoms. The Morgan fingerprint density at radius 3 is 2.46 bits per heavy atom. The highest BCUT2D eigenvalue weighted by Gasteiger charge is 2.43. The van der Waals surface area contributed by atoms with Gasteiger partial charge in [0, 0.05) is 0 Å². The minimum absolute atomic E-state index is 0.167. The SMILES string of the molecule is COC(=O)c1ccc2c(c1)C1OC2c2ccc(-c3ccc(F)cc3C#N)cc21. The lowest BCUT2D eigenvalue weighted by Crippen LogP contribution is -2.07. The molecule has 0 saturated heterocycles. The molecule has 0 amide bonds. The molecule has 0 spiro atoms. The number of hydrogen-bond acceptors (Lipinski definition) is 4. The molecule has 2 heterocycles. The summed E-state index contributed by atoms with van der Waals surface area (Å²) in [5.74, 6) is -0.822. The number of carbonyl (C=O) groups is 1. The Hall–Kier alpha value is -3.49. The number of benzene rings is 3. The molecular weight excluding hydrogens is 357 g/mol. The number of carbonyl (C=O) groups excluding carboxylic acids is 1. The first kappa shape index (κ1) is 16.7. The first-order valence-electron chi connectivity index (χ1n) is 8.82. The fourth-order valence-corrected chi connectivity index (χ4v) is 4.12. The highest BCUT2D eigenvalue weighted by Crippen LogP contribution is 2.54. The first-order chi connectivity index (χ1) is 13.6. The van der Waals surface area contributed by atoms with Crippen LogP contribution in [-0.4, -0.2) is 13.1 Å². The first-order valence-corrected chi connectivity index (χ1v) is 8.82. The van der Waals surface area contributed by atoms with Gasteiger partial charge in [0.05, 0.1) is 24.3 Å². The molecule has 2 aliphatic heterocycles. The number of methoxy groups -OCH3 is 1. The Morgan fingerprint density at radius 1 is 1.00 bits per heavy atom. The quantitative estimate of drug-likeness (QED) is 0.614. The van der Waals surface area contributed by atoms with Crippen molar-refractivity contribution in [3.05, 3.63) is 93.8 Å². The number of fused-ring (bicyclic) bond motifs is 8. The number of ether oxygens (including phenoxy) is 2. The van der Waals surface area contributed by atoms with E-state index in [9.17, 15) is 14.4 Å². The maximum absolute atomic E-state index is 13.5. The van der Waals surface area contributed by atoms with Gasteiger partial charge in [-0.2, -0.15) is 5.26 Å². The van der Waals surface area contributed by atoms with Gasteiger partial charge in [0.25, 0.3) is 0 Å². The van der Waals surface area contributed by atoms with Gasteiger partial charge in [-0.05, 0) is 63.7 Å². The van der Waals surface area contributed by atoms with Crippen molar-refractivity contribution >= 4 is 5.97 Å². The third kappa shape index (κ3) is 2.29. The molecule has 2 unspecified atom stereocenters. The van der Waals surface area contributed by atoms with E-state index in [2.05, 4.69) is 6.07 Å². The number of halogens is 1. The lowest BCUT2D eigenvalue weighted by Gasteiger charge is -2.17. The molecule has 0 N–H and O–H groups in total. The molecule has 0 saturated carbocycles. The van der Waals surface area contributed by atoms with Crippen LogP contribution in [0.4, 0.5) is 4.39 Å². The van der Waals surface area contributed by atoms with E-state index < -0.39 is 5.82 Å². The van der Waals surface area contributed by atoms with Crippen molar-refractivity contribution in [2.75, 3.05) is 7.11 Å². The molecular formula is C23H14FNO3. The Balaban J connectivity index is 1.60. The van der Waals surface area contributed by atoms with E-state index in [4.69, 9.17) is 9.47 Å². The number of nitrogens with zero attached hydrogens (tertiary/aromatic N) is 1. The van der Waals surface area contributed by atoms with Crippen LogP contribution in [0, 0.1) is 17.1 Å². The minimum Gasteiger partial charge on any atom is -0.465 e. The minimum atomic E-state index is -0.437. The Labute approximate surface area is 160 Å². The van der Waals surface area contributed by atoms with Crippen LogP contribution in [0.2, 0.25) is 0 Å². The van der Waals surface area contributed by atoms with Gasteiger partial charge in [0.1, 0.15) is 18.0 Å². The van der Waals surface area contributed by atoms with Gasteiger partial charge >= 0.3 is 5.97 Å². The van der Waals surface area contributed by atoms with Crippen LogP contribution in [-0.2, 0) is 9.47 Å². The van der Waals surface area contributed by atoms with Gasteiger partial charge in [-0.3, -0.25) is 0 Å². The molecule has 2 aliphatic rings. The second-order valence-corrected chi connectivity index (χ2v) is 6.88. The molecule has 0 aliphatic carbocycles. The lowest BCUT2D eigenvalue weighted by atomic mass is 9.83. The Bertz CT molecular complexity index is 1190. The van der Waals surface area contributed by atoms with Gasteiger partial charge < -0.3 is 9.47 Å². The van der Waals surface area contributed by atoms with Gasteiger partial charge in [-0.15, -0.1) is 0 Å². The number of esters is 1. The summed E-state index contributed by atoms with van der Waals surface area (Å²) >= 11 is 0. The standard InChI is InChI=1S/C23H14FNO3/c1-27-23(26)13-3-6-18-20(10-13)22-19-9-12(2-5-17(19)21(18)28-22)16-7-4-15(24)8-14(16)11-25/h2-10,21-22H,1H3. The topological polar surface area (TPSA) is 59.3 Å².